The molecule has 164 valence electrons. The third-order valence-corrected chi connectivity index (χ3v) is 5.28. The highest BCUT2D eigenvalue weighted by molar-refractivity contribution is 6.31. The van der Waals surface area contributed by atoms with Crippen molar-refractivity contribution in [1.29, 1.82) is 0 Å². The van der Waals surface area contributed by atoms with Crippen molar-refractivity contribution in [2.75, 3.05) is 13.2 Å². The van der Waals surface area contributed by atoms with Crippen molar-refractivity contribution in [1.82, 2.24) is 14.9 Å². The van der Waals surface area contributed by atoms with Crippen LogP contribution in [0.3, 0.4) is 0 Å². The molecule has 0 aliphatic heterocycles. The number of amides is 1. The number of aryl methyl sites for hydroxylation is 1. The van der Waals surface area contributed by atoms with Crippen molar-refractivity contribution in [3.63, 3.8) is 0 Å². The zero-order chi connectivity index (χ0) is 22.5. The largest absolute Gasteiger partial charge is 0.483 e. The van der Waals surface area contributed by atoms with Gasteiger partial charge in [-0.1, -0.05) is 44.5 Å². The normalized spacial score (nSPS) is 11.2. The summed E-state index contributed by atoms with van der Waals surface area (Å²) in [5.41, 5.74) is 2.40. The summed E-state index contributed by atoms with van der Waals surface area (Å²) in [6.45, 7) is 8.83. The first-order chi connectivity index (χ1) is 14.8. The molecule has 0 spiro atoms. The van der Waals surface area contributed by atoms with E-state index in [2.05, 4.69) is 23.8 Å². The van der Waals surface area contributed by atoms with Crippen LogP contribution in [0.25, 0.3) is 10.9 Å². The van der Waals surface area contributed by atoms with Gasteiger partial charge in [-0.15, -0.1) is 0 Å². The van der Waals surface area contributed by atoms with E-state index in [1.807, 2.05) is 32.0 Å². The first-order valence-corrected chi connectivity index (χ1v) is 10.9. The fourth-order valence-electron chi connectivity index (χ4n) is 3.45. The lowest BCUT2D eigenvalue weighted by Crippen LogP contribution is -2.36. The Hall–Kier alpha value is -2.86. The predicted molar refractivity (Wildman–Crippen MR) is 124 cm³/mol. The topological polar surface area (TPSA) is 75.3 Å². The highest BCUT2D eigenvalue weighted by Crippen LogP contribution is 2.27. The number of halogens is 1. The monoisotopic (exact) mass is 441 g/mol. The molecule has 0 bridgehead atoms. The molecule has 0 aliphatic rings. The average Bonchev–Trinajstić information content (AvgIpc) is 2.71. The molecule has 1 aromatic heterocycles. The molecule has 3 aromatic rings. The van der Waals surface area contributed by atoms with Gasteiger partial charge in [0.05, 0.1) is 17.4 Å². The number of nitrogens with zero attached hydrogens (tertiary/aromatic N) is 2. The lowest BCUT2D eigenvalue weighted by molar-refractivity contribution is -0.134. The minimum absolute atomic E-state index is 0.0766. The van der Waals surface area contributed by atoms with Gasteiger partial charge in [0.15, 0.2) is 6.61 Å². The van der Waals surface area contributed by atoms with Gasteiger partial charge in [0.1, 0.15) is 11.6 Å². The van der Waals surface area contributed by atoms with Gasteiger partial charge < -0.3 is 14.6 Å². The Labute approximate surface area is 187 Å². The van der Waals surface area contributed by atoms with E-state index in [1.165, 1.54) is 0 Å². The van der Waals surface area contributed by atoms with Crippen LogP contribution in [-0.2, 0) is 11.3 Å². The molecular weight excluding hydrogens is 414 g/mol. The Balaban J connectivity index is 1.78. The average molecular weight is 442 g/mol. The second-order valence-corrected chi connectivity index (χ2v) is 8.41. The number of aromatic amines is 1. The summed E-state index contributed by atoms with van der Waals surface area (Å²) < 4.78 is 5.91. The number of aromatic nitrogens is 2. The van der Waals surface area contributed by atoms with Crippen molar-refractivity contribution in [3.8, 4) is 5.75 Å². The van der Waals surface area contributed by atoms with Crippen LogP contribution in [0.4, 0.5) is 0 Å². The lowest BCUT2D eigenvalue weighted by atomic mass is 10.0. The van der Waals surface area contributed by atoms with E-state index in [-0.39, 0.29) is 30.5 Å². The van der Waals surface area contributed by atoms with Crippen LogP contribution in [0, 0.1) is 6.92 Å². The number of carbonyl (C=O) groups excluding carboxylic acids is 1. The summed E-state index contributed by atoms with van der Waals surface area (Å²) in [6.07, 6.45) is 0.775. The van der Waals surface area contributed by atoms with Crippen LogP contribution in [0.5, 0.6) is 5.75 Å². The fourth-order valence-corrected chi connectivity index (χ4v) is 3.62. The standard InChI is InChI=1S/C24H28ClN3O3/c1-5-10-28(13-22-26-20-12-17(25)7-9-19(20)24(30)27-22)23(29)14-31-21-11-16(4)6-8-18(21)15(2)3/h6-9,11-12,15H,5,10,13-14H2,1-4H3,(H,26,27,30). The maximum Gasteiger partial charge on any atom is 0.260 e. The van der Waals surface area contributed by atoms with Gasteiger partial charge in [0.2, 0.25) is 0 Å². The SMILES string of the molecule is CCCN(Cc1nc2cc(Cl)ccc2c(=O)[nH]1)C(=O)COc1cc(C)ccc1C(C)C. The Bertz CT molecular complexity index is 1140. The molecule has 1 heterocycles. The van der Waals surface area contributed by atoms with Gasteiger partial charge in [-0.3, -0.25) is 9.59 Å². The highest BCUT2D eigenvalue weighted by atomic mass is 35.5. The molecule has 6 nitrogen and oxygen atoms in total. The van der Waals surface area contributed by atoms with Gasteiger partial charge in [0, 0.05) is 11.6 Å². The summed E-state index contributed by atoms with van der Waals surface area (Å²) in [6, 6.07) is 11.0. The van der Waals surface area contributed by atoms with Gasteiger partial charge in [-0.2, -0.15) is 0 Å². The van der Waals surface area contributed by atoms with Crippen LogP contribution in [0.2, 0.25) is 5.02 Å². The number of fused-ring (bicyclic) bond motifs is 1. The van der Waals surface area contributed by atoms with Gasteiger partial charge in [0.25, 0.3) is 11.5 Å². The van der Waals surface area contributed by atoms with E-state index in [1.54, 1.807) is 23.1 Å². The van der Waals surface area contributed by atoms with Crippen molar-refractivity contribution < 1.29 is 9.53 Å². The van der Waals surface area contributed by atoms with E-state index in [4.69, 9.17) is 16.3 Å². The number of hydrogen-bond donors (Lipinski definition) is 1. The summed E-state index contributed by atoms with van der Waals surface area (Å²) in [5, 5.41) is 0.969. The Morgan fingerprint density at radius 3 is 2.71 bits per heavy atom. The molecule has 0 aliphatic carbocycles. The number of H-pyrrole nitrogens is 1. The molecule has 1 N–H and O–H groups in total. The second-order valence-electron chi connectivity index (χ2n) is 7.97. The van der Waals surface area contributed by atoms with Crippen LogP contribution < -0.4 is 10.3 Å². The molecule has 1 amide bonds. The molecule has 3 rings (SSSR count). The van der Waals surface area contributed by atoms with Crippen molar-refractivity contribution in [2.45, 2.75) is 46.6 Å². The Morgan fingerprint density at radius 1 is 1.23 bits per heavy atom. The van der Waals surface area contributed by atoms with E-state index < -0.39 is 0 Å². The number of carbonyl (C=O) groups is 1. The maximum absolute atomic E-state index is 12.9. The zero-order valence-electron chi connectivity index (χ0n) is 18.4. The van der Waals surface area contributed by atoms with E-state index >= 15 is 0 Å². The quantitative estimate of drug-likeness (QED) is 0.543. The number of nitrogens with one attached hydrogen (secondary N) is 1. The molecular formula is C24H28ClN3O3. The van der Waals surface area contributed by atoms with Crippen LogP contribution in [0.15, 0.2) is 41.2 Å². The summed E-state index contributed by atoms with van der Waals surface area (Å²) in [5.74, 6) is 1.27. The number of benzene rings is 2. The molecule has 0 fully saturated rings. The van der Waals surface area contributed by atoms with E-state index in [9.17, 15) is 9.59 Å². The van der Waals surface area contributed by atoms with Crippen LogP contribution >= 0.6 is 11.6 Å². The summed E-state index contributed by atoms with van der Waals surface area (Å²) in [4.78, 5) is 34.3. The smallest absolute Gasteiger partial charge is 0.260 e. The van der Waals surface area contributed by atoms with Gasteiger partial charge >= 0.3 is 0 Å². The zero-order valence-corrected chi connectivity index (χ0v) is 19.1. The Morgan fingerprint density at radius 2 is 2.00 bits per heavy atom. The van der Waals surface area contributed by atoms with Crippen molar-refractivity contribution in [2.24, 2.45) is 0 Å². The molecule has 2 aromatic carbocycles. The van der Waals surface area contributed by atoms with E-state index in [0.717, 1.165) is 23.3 Å². The highest BCUT2D eigenvalue weighted by Gasteiger charge is 2.17. The fraction of sp³-hybridized carbons (Fsp3) is 0.375. The lowest BCUT2D eigenvalue weighted by Gasteiger charge is -2.22. The number of hydrogen-bond acceptors (Lipinski definition) is 4. The summed E-state index contributed by atoms with van der Waals surface area (Å²) >= 11 is 6.04. The summed E-state index contributed by atoms with van der Waals surface area (Å²) in [7, 11) is 0. The Kier molecular flexibility index (Phi) is 7.33. The second kappa shape index (κ2) is 9.96. The molecule has 0 saturated carbocycles. The first-order valence-electron chi connectivity index (χ1n) is 10.5. The van der Waals surface area contributed by atoms with Gasteiger partial charge in [-0.25, -0.2) is 4.98 Å². The third-order valence-electron chi connectivity index (χ3n) is 5.05. The maximum atomic E-state index is 12.9. The third kappa shape index (κ3) is 5.64. The van der Waals surface area contributed by atoms with Crippen molar-refractivity contribution >= 4 is 28.4 Å². The molecule has 0 atom stereocenters. The minimum Gasteiger partial charge on any atom is -0.483 e. The molecule has 31 heavy (non-hydrogen) atoms. The molecule has 7 heteroatoms. The first kappa shape index (κ1) is 22.8. The molecule has 0 radical (unpaired) electrons. The molecule has 0 unspecified atom stereocenters. The van der Waals surface area contributed by atoms with Gasteiger partial charge in [-0.05, 0) is 54.7 Å². The van der Waals surface area contributed by atoms with Crippen LogP contribution in [0.1, 0.15) is 50.1 Å². The minimum atomic E-state index is -0.252. The predicted octanol–water partition coefficient (Wildman–Crippen LogP) is 4.83. The van der Waals surface area contributed by atoms with Crippen molar-refractivity contribution in [3.05, 3.63) is 68.7 Å². The number of rotatable bonds is 8. The van der Waals surface area contributed by atoms with E-state index in [0.29, 0.717) is 28.3 Å². The molecule has 0 saturated heterocycles. The number of ether oxygens (including phenoxy) is 1. The van der Waals surface area contributed by atoms with Crippen LogP contribution in [-0.4, -0.2) is 33.9 Å².